The van der Waals surface area contributed by atoms with Crippen molar-refractivity contribution in [3.8, 4) is 0 Å². The molecule has 0 aliphatic carbocycles. The van der Waals surface area contributed by atoms with E-state index in [0.717, 1.165) is 4.90 Å². The molecule has 1 aliphatic rings. The Morgan fingerprint density at radius 1 is 1.44 bits per heavy atom. The van der Waals surface area contributed by atoms with Crippen molar-refractivity contribution >= 4 is 23.5 Å². The van der Waals surface area contributed by atoms with Crippen molar-refractivity contribution in [1.29, 1.82) is 0 Å². The minimum Gasteiger partial charge on any atom is -0.477 e. The third-order valence-corrected chi connectivity index (χ3v) is 3.01. The standard InChI is InChI=1S/C12H14N2O4/c1-6-4-7(9(13-6)10(16)17)14-8(15)5-12(2,3)11(14)18/h4,13H,5H2,1-3H3,(H,16,17). The third kappa shape index (κ3) is 1.70. The summed E-state index contributed by atoms with van der Waals surface area (Å²) >= 11 is 0. The molecule has 1 fully saturated rings. The van der Waals surface area contributed by atoms with Crippen molar-refractivity contribution in [2.45, 2.75) is 27.2 Å². The van der Waals surface area contributed by atoms with Gasteiger partial charge in [-0.1, -0.05) is 13.8 Å². The fourth-order valence-electron chi connectivity index (χ4n) is 2.11. The molecule has 0 aromatic carbocycles. The Morgan fingerprint density at radius 3 is 2.50 bits per heavy atom. The number of carboxylic acids is 1. The number of anilines is 1. The molecule has 96 valence electrons. The van der Waals surface area contributed by atoms with Gasteiger partial charge in [0, 0.05) is 12.1 Å². The van der Waals surface area contributed by atoms with Crippen LogP contribution in [0.1, 0.15) is 36.5 Å². The van der Waals surface area contributed by atoms with Crippen LogP contribution >= 0.6 is 0 Å². The van der Waals surface area contributed by atoms with Crippen LogP contribution in [0, 0.1) is 12.3 Å². The maximum Gasteiger partial charge on any atom is 0.354 e. The second-order valence-corrected chi connectivity index (χ2v) is 5.11. The van der Waals surface area contributed by atoms with Crippen LogP contribution in [-0.4, -0.2) is 27.9 Å². The fourth-order valence-corrected chi connectivity index (χ4v) is 2.11. The average molecular weight is 250 g/mol. The fraction of sp³-hybridized carbons (Fsp3) is 0.417. The zero-order valence-corrected chi connectivity index (χ0v) is 10.4. The third-order valence-electron chi connectivity index (χ3n) is 3.01. The highest BCUT2D eigenvalue weighted by molar-refractivity contribution is 6.23. The Hall–Kier alpha value is -2.11. The SMILES string of the molecule is Cc1cc(N2C(=O)CC(C)(C)C2=O)c(C(=O)O)[nH]1. The lowest BCUT2D eigenvalue weighted by Crippen LogP contribution is -2.33. The van der Waals surface area contributed by atoms with Gasteiger partial charge in [0.2, 0.25) is 11.8 Å². The molecule has 0 saturated carbocycles. The highest BCUT2D eigenvalue weighted by Gasteiger charge is 2.46. The first kappa shape index (κ1) is 12.3. The molecule has 2 amide bonds. The molecule has 6 heteroatoms. The minimum absolute atomic E-state index is 0.0924. The Bertz CT molecular complexity index is 556. The molecule has 2 N–H and O–H groups in total. The molecule has 1 aromatic rings. The van der Waals surface area contributed by atoms with Gasteiger partial charge in [-0.15, -0.1) is 0 Å². The van der Waals surface area contributed by atoms with Gasteiger partial charge in [0.1, 0.15) is 5.69 Å². The summed E-state index contributed by atoms with van der Waals surface area (Å²) in [4.78, 5) is 38.7. The summed E-state index contributed by atoms with van der Waals surface area (Å²) in [6.45, 7) is 5.02. The van der Waals surface area contributed by atoms with Gasteiger partial charge >= 0.3 is 5.97 Å². The van der Waals surface area contributed by atoms with Crippen molar-refractivity contribution in [2.75, 3.05) is 4.90 Å². The maximum atomic E-state index is 12.1. The second kappa shape index (κ2) is 3.69. The Morgan fingerprint density at radius 2 is 2.06 bits per heavy atom. The summed E-state index contributed by atoms with van der Waals surface area (Å²) in [6.07, 6.45) is 0.0924. The summed E-state index contributed by atoms with van der Waals surface area (Å²) in [5, 5.41) is 9.06. The lowest BCUT2D eigenvalue weighted by Gasteiger charge is -2.17. The van der Waals surface area contributed by atoms with Crippen molar-refractivity contribution in [2.24, 2.45) is 5.41 Å². The maximum absolute atomic E-state index is 12.1. The number of hydrogen-bond acceptors (Lipinski definition) is 3. The predicted octanol–water partition coefficient (Wildman–Crippen LogP) is 1.31. The number of amides is 2. The van der Waals surface area contributed by atoms with Gasteiger partial charge in [-0.25, -0.2) is 9.69 Å². The first-order valence-electron chi connectivity index (χ1n) is 5.54. The van der Waals surface area contributed by atoms with E-state index in [1.54, 1.807) is 20.8 Å². The first-order valence-corrected chi connectivity index (χ1v) is 5.54. The number of aromatic amines is 1. The van der Waals surface area contributed by atoms with Crippen molar-refractivity contribution in [1.82, 2.24) is 4.98 Å². The molecule has 6 nitrogen and oxygen atoms in total. The molecule has 0 atom stereocenters. The lowest BCUT2D eigenvalue weighted by molar-refractivity contribution is -0.124. The predicted molar refractivity (Wildman–Crippen MR) is 63.4 cm³/mol. The van der Waals surface area contributed by atoms with E-state index in [9.17, 15) is 14.4 Å². The number of hydrogen-bond donors (Lipinski definition) is 2. The molecule has 1 saturated heterocycles. The van der Waals surface area contributed by atoms with E-state index < -0.39 is 11.4 Å². The summed E-state index contributed by atoms with van der Waals surface area (Å²) < 4.78 is 0. The van der Waals surface area contributed by atoms with Crippen LogP contribution in [0.25, 0.3) is 0 Å². The number of nitrogens with zero attached hydrogens (tertiary/aromatic N) is 1. The largest absolute Gasteiger partial charge is 0.477 e. The van der Waals surface area contributed by atoms with Gasteiger partial charge < -0.3 is 10.1 Å². The molecule has 2 heterocycles. The molecule has 1 aromatic heterocycles. The van der Waals surface area contributed by atoms with Gasteiger partial charge in [-0.3, -0.25) is 9.59 Å². The van der Waals surface area contributed by atoms with Crippen LogP contribution in [0.4, 0.5) is 5.69 Å². The van der Waals surface area contributed by atoms with Crippen LogP contribution in [0.15, 0.2) is 6.07 Å². The Balaban J connectivity index is 2.53. The zero-order chi connectivity index (χ0) is 13.7. The van der Waals surface area contributed by atoms with Crippen LogP contribution < -0.4 is 4.90 Å². The van der Waals surface area contributed by atoms with Gasteiger partial charge in [0.25, 0.3) is 0 Å². The summed E-state index contributed by atoms with van der Waals surface area (Å²) in [5.74, 6) is -1.93. The van der Waals surface area contributed by atoms with E-state index in [-0.39, 0.29) is 29.6 Å². The number of carbonyl (C=O) groups is 3. The highest BCUT2D eigenvalue weighted by atomic mass is 16.4. The number of carboxylic acid groups (broad SMARTS) is 1. The minimum atomic E-state index is -1.19. The monoisotopic (exact) mass is 250 g/mol. The normalized spacial score (nSPS) is 18.5. The van der Waals surface area contributed by atoms with Gasteiger partial charge in [0.15, 0.2) is 0 Å². The molecular weight excluding hydrogens is 236 g/mol. The Kier molecular flexibility index (Phi) is 2.53. The van der Waals surface area contributed by atoms with Crippen molar-refractivity contribution in [3.63, 3.8) is 0 Å². The van der Waals surface area contributed by atoms with Crippen LogP contribution in [-0.2, 0) is 9.59 Å². The topological polar surface area (TPSA) is 90.5 Å². The van der Waals surface area contributed by atoms with E-state index in [2.05, 4.69) is 4.98 Å². The number of aromatic nitrogens is 1. The van der Waals surface area contributed by atoms with Crippen molar-refractivity contribution < 1.29 is 19.5 Å². The number of nitrogens with one attached hydrogen (secondary N) is 1. The number of carbonyl (C=O) groups excluding carboxylic acids is 2. The number of aromatic carboxylic acids is 1. The van der Waals surface area contributed by atoms with E-state index in [0.29, 0.717) is 5.69 Å². The molecule has 0 spiro atoms. The lowest BCUT2D eigenvalue weighted by atomic mass is 9.92. The van der Waals surface area contributed by atoms with Gasteiger partial charge in [-0.05, 0) is 13.0 Å². The number of aryl methyl sites for hydroxylation is 1. The van der Waals surface area contributed by atoms with Crippen LogP contribution in [0.3, 0.4) is 0 Å². The summed E-state index contributed by atoms with van der Waals surface area (Å²) in [6, 6.07) is 1.50. The molecule has 1 aliphatic heterocycles. The van der Waals surface area contributed by atoms with E-state index in [4.69, 9.17) is 5.11 Å². The second-order valence-electron chi connectivity index (χ2n) is 5.11. The molecule has 0 bridgehead atoms. The Labute approximate surface area is 104 Å². The summed E-state index contributed by atoms with van der Waals surface area (Å²) in [5.41, 5.74) is -0.196. The zero-order valence-electron chi connectivity index (χ0n) is 10.4. The smallest absolute Gasteiger partial charge is 0.354 e. The quantitative estimate of drug-likeness (QED) is 0.774. The molecule has 0 radical (unpaired) electrons. The number of imide groups is 1. The van der Waals surface area contributed by atoms with Crippen LogP contribution in [0.5, 0.6) is 0 Å². The van der Waals surface area contributed by atoms with Gasteiger partial charge in [-0.2, -0.15) is 0 Å². The van der Waals surface area contributed by atoms with E-state index in [1.165, 1.54) is 6.07 Å². The number of rotatable bonds is 2. The average Bonchev–Trinajstić information content (AvgIpc) is 2.67. The molecular formula is C12H14N2O4. The highest BCUT2D eigenvalue weighted by Crippen LogP contribution is 2.36. The van der Waals surface area contributed by atoms with Gasteiger partial charge in [0.05, 0.1) is 11.1 Å². The summed E-state index contributed by atoms with van der Waals surface area (Å²) in [7, 11) is 0. The first-order chi connectivity index (χ1) is 8.24. The molecule has 18 heavy (non-hydrogen) atoms. The van der Waals surface area contributed by atoms with E-state index >= 15 is 0 Å². The van der Waals surface area contributed by atoms with Crippen LogP contribution in [0.2, 0.25) is 0 Å². The molecule has 0 unspecified atom stereocenters. The van der Waals surface area contributed by atoms with E-state index in [1.807, 2.05) is 0 Å². The molecule has 2 rings (SSSR count). The van der Waals surface area contributed by atoms with Crippen molar-refractivity contribution in [3.05, 3.63) is 17.5 Å². The number of H-pyrrole nitrogens is 1.